The first-order valence-electron chi connectivity index (χ1n) is 8.74. The summed E-state index contributed by atoms with van der Waals surface area (Å²) in [6.45, 7) is 3.69. The van der Waals surface area contributed by atoms with E-state index in [1.165, 1.54) is 18.7 Å². The van der Waals surface area contributed by atoms with E-state index < -0.39 is 11.6 Å². The van der Waals surface area contributed by atoms with E-state index in [1.807, 2.05) is 6.92 Å². The molecule has 0 aliphatic heterocycles. The lowest BCUT2D eigenvalue weighted by molar-refractivity contribution is 0.262. The van der Waals surface area contributed by atoms with E-state index in [1.54, 1.807) is 25.1 Å². The van der Waals surface area contributed by atoms with Crippen molar-refractivity contribution in [3.63, 3.8) is 0 Å². The average molecular weight is 386 g/mol. The lowest BCUT2D eigenvalue weighted by Crippen LogP contribution is -2.28. The van der Waals surface area contributed by atoms with E-state index in [2.05, 4.69) is 25.7 Å². The van der Waals surface area contributed by atoms with Gasteiger partial charge in [-0.15, -0.1) is 0 Å². The molecule has 0 bridgehead atoms. The number of methoxy groups -OCH3 is 2. The predicted octanol–water partition coefficient (Wildman–Crippen LogP) is 2.34. The van der Waals surface area contributed by atoms with E-state index in [9.17, 15) is 9.59 Å². The zero-order valence-electron chi connectivity index (χ0n) is 16.1. The maximum Gasteiger partial charge on any atom is 0.323 e. The number of nitrogens with zero attached hydrogens (tertiary/aromatic N) is 3. The number of carbonyl (C=O) groups excluding carboxylic acids is 1. The molecular formula is C18H22N6O4. The Balaban J connectivity index is 1.91. The standard InChI is InChI=1S/C18H22N6O4/c1-5-6-14-15(16(25)24-17(21-14)19-10(2)23-24)22-18(26)20-11-7-12(27-3)9-13(8-11)28-4/h7-9H,5-6H2,1-4H3,(H,19,21,23)(H2,20,22,26). The van der Waals surface area contributed by atoms with Crippen LogP contribution in [-0.4, -0.2) is 39.8 Å². The maximum atomic E-state index is 12.8. The minimum absolute atomic E-state index is 0.107. The minimum atomic E-state index is -0.581. The van der Waals surface area contributed by atoms with Crippen LogP contribution in [0.15, 0.2) is 23.0 Å². The Labute approximate surface area is 160 Å². The summed E-state index contributed by atoms with van der Waals surface area (Å²) >= 11 is 0. The van der Waals surface area contributed by atoms with E-state index in [0.29, 0.717) is 35.1 Å². The van der Waals surface area contributed by atoms with E-state index in [-0.39, 0.29) is 11.5 Å². The van der Waals surface area contributed by atoms with Crippen molar-refractivity contribution >= 4 is 23.2 Å². The lowest BCUT2D eigenvalue weighted by Gasteiger charge is -2.12. The smallest absolute Gasteiger partial charge is 0.323 e. The number of aromatic amines is 1. The number of carbonyl (C=O) groups is 1. The molecule has 0 spiro atoms. The Hall–Kier alpha value is -3.56. The van der Waals surface area contributed by atoms with Crippen molar-refractivity contribution in [2.75, 3.05) is 24.9 Å². The largest absolute Gasteiger partial charge is 0.497 e. The molecule has 10 heteroatoms. The molecule has 2 aromatic heterocycles. The third kappa shape index (κ3) is 3.90. The molecule has 3 rings (SSSR count). The van der Waals surface area contributed by atoms with Gasteiger partial charge in [0.1, 0.15) is 23.0 Å². The number of hydrogen-bond acceptors (Lipinski definition) is 6. The third-order valence-electron chi connectivity index (χ3n) is 4.02. The average Bonchev–Trinajstić information content (AvgIpc) is 3.05. The summed E-state index contributed by atoms with van der Waals surface area (Å²) in [5, 5.41) is 8.11. The summed E-state index contributed by atoms with van der Waals surface area (Å²) in [6, 6.07) is 4.39. The molecule has 0 fully saturated rings. The Bertz CT molecular complexity index is 1050. The molecule has 10 nitrogen and oxygen atoms in total. The lowest BCUT2D eigenvalue weighted by atomic mass is 10.2. The quantitative estimate of drug-likeness (QED) is 0.598. The molecule has 148 valence electrons. The molecular weight excluding hydrogens is 364 g/mol. The molecule has 2 heterocycles. The fourth-order valence-electron chi connectivity index (χ4n) is 2.76. The van der Waals surface area contributed by atoms with Gasteiger partial charge in [0.2, 0.25) is 0 Å². The molecule has 0 unspecified atom stereocenters. The first-order valence-corrected chi connectivity index (χ1v) is 8.74. The summed E-state index contributed by atoms with van der Waals surface area (Å²) in [4.78, 5) is 33.9. The number of aromatic nitrogens is 4. The Morgan fingerprint density at radius 1 is 1.14 bits per heavy atom. The number of H-pyrrole nitrogens is 1. The summed E-state index contributed by atoms with van der Waals surface area (Å²) < 4.78 is 11.6. The number of benzene rings is 1. The van der Waals surface area contributed by atoms with Crippen molar-refractivity contribution in [2.45, 2.75) is 26.7 Å². The van der Waals surface area contributed by atoms with E-state index in [4.69, 9.17) is 9.47 Å². The Kier molecular flexibility index (Phi) is 5.48. The fraction of sp³-hybridized carbons (Fsp3) is 0.333. The zero-order chi connectivity index (χ0) is 20.3. The molecule has 0 radical (unpaired) electrons. The van der Waals surface area contributed by atoms with Gasteiger partial charge >= 0.3 is 6.03 Å². The Morgan fingerprint density at radius 2 is 1.82 bits per heavy atom. The number of nitrogens with one attached hydrogen (secondary N) is 3. The molecule has 3 aromatic rings. The van der Waals surface area contributed by atoms with Crippen molar-refractivity contribution in [1.29, 1.82) is 0 Å². The van der Waals surface area contributed by atoms with Crippen LogP contribution < -0.4 is 25.7 Å². The normalized spacial score (nSPS) is 10.7. The summed E-state index contributed by atoms with van der Waals surface area (Å²) in [5.41, 5.74) is 0.623. The van der Waals surface area contributed by atoms with Gasteiger partial charge in [0.05, 0.1) is 19.9 Å². The summed E-state index contributed by atoms with van der Waals surface area (Å²) in [7, 11) is 3.04. The van der Waals surface area contributed by atoms with Gasteiger partial charge in [-0.25, -0.2) is 9.78 Å². The van der Waals surface area contributed by atoms with Gasteiger partial charge in [-0.1, -0.05) is 13.3 Å². The summed E-state index contributed by atoms with van der Waals surface area (Å²) in [5.74, 6) is 1.88. The van der Waals surface area contributed by atoms with Crippen molar-refractivity contribution < 1.29 is 14.3 Å². The second-order valence-corrected chi connectivity index (χ2v) is 6.11. The molecule has 0 atom stereocenters. The first-order chi connectivity index (χ1) is 13.4. The molecule has 28 heavy (non-hydrogen) atoms. The van der Waals surface area contributed by atoms with Crippen molar-refractivity contribution in [3.05, 3.63) is 40.1 Å². The van der Waals surface area contributed by atoms with Crippen molar-refractivity contribution in [2.24, 2.45) is 0 Å². The fourth-order valence-corrected chi connectivity index (χ4v) is 2.76. The maximum absolute atomic E-state index is 12.8. The molecule has 2 amide bonds. The van der Waals surface area contributed by atoms with Gasteiger partial charge in [-0.3, -0.25) is 9.89 Å². The summed E-state index contributed by atoms with van der Waals surface area (Å²) in [6.07, 6.45) is 1.29. The van der Waals surface area contributed by atoms with Gasteiger partial charge in [0.25, 0.3) is 11.3 Å². The van der Waals surface area contributed by atoms with Crippen LogP contribution in [0.4, 0.5) is 16.2 Å². The van der Waals surface area contributed by atoms with Crippen molar-refractivity contribution in [1.82, 2.24) is 19.6 Å². The number of ether oxygens (including phenoxy) is 2. The van der Waals surface area contributed by atoms with Crippen LogP contribution in [0.1, 0.15) is 24.9 Å². The Morgan fingerprint density at radius 3 is 2.43 bits per heavy atom. The number of anilines is 2. The zero-order valence-corrected chi connectivity index (χ0v) is 16.1. The SMILES string of the molecule is CCCc1nc2nc(C)[nH]n2c(=O)c1NC(=O)Nc1cc(OC)cc(OC)c1. The topological polar surface area (TPSA) is 123 Å². The number of rotatable bonds is 6. The number of amides is 2. The molecule has 0 saturated carbocycles. The highest BCUT2D eigenvalue weighted by atomic mass is 16.5. The van der Waals surface area contributed by atoms with Crippen LogP contribution in [0, 0.1) is 6.92 Å². The van der Waals surface area contributed by atoms with Gasteiger partial charge in [-0.05, 0) is 13.3 Å². The highest BCUT2D eigenvalue weighted by molar-refractivity contribution is 6.00. The van der Waals surface area contributed by atoms with Crippen LogP contribution in [0.3, 0.4) is 0 Å². The van der Waals surface area contributed by atoms with Crippen LogP contribution in [0.25, 0.3) is 5.78 Å². The molecule has 0 saturated heterocycles. The van der Waals surface area contributed by atoms with Gasteiger partial charge < -0.3 is 20.1 Å². The minimum Gasteiger partial charge on any atom is -0.497 e. The number of aryl methyl sites for hydroxylation is 2. The van der Waals surface area contributed by atoms with Crippen LogP contribution in [0.2, 0.25) is 0 Å². The number of urea groups is 1. The van der Waals surface area contributed by atoms with Crippen LogP contribution in [-0.2, 0) is 6.42 Å². The van der Waals surface area contributed by atoms with Gasteiger partial charge in [0, 0.05) is 23.9 Å². The van der Waals surface area contributed by atoms with E-state index in [0.717, 1.165) is 6.42 Å². The second kappa shape index (κ2) is 7.99. The molecule has 3 N–H and O–H groups in total. The van der Waals surface area contributed by atoms with Crippen molar-refractivity contribution in [3.8, 4) is 11.5 Å². The molecule has 0 aliphatic carbocycles. The molecule has 1 aromatic carbocycles. The van der Waals surface area contributed by atoms with Gasteiger partial charge in [0.15, 0.2) is 0 Å². The van der Waals surface area contributed by atoms with E-state index >= 15 is 0 Å². The second-order valence-electron chi connectivity index (χ2n) is 6.11. The van der Waals surface area contributed by atoms with Gasteiger partial charge in [-0.2, -0.15) is 9.50 Å². The monoisotopic (exact) mass is 386 g/mol. The van der Waals surface area contributed by atoms with Crippen LogP contribution in [0.5, 0.6) is 11.5 Å². The third-order valence-corrected chi connectivity index (χ3v) is 4.02. The molecule has 0 aliphatic rings. The number of hydrogen-bond donors (Lipinski definition) is 3. The highest BCUT2D eigenvalue weighted by Gasteiger charge is 2.17. The predicted molar refractivity (Wildman–Crippen MR) is 105 cm³/mol. The van der Waals surface area contributed by atoms with Crippen LogP contribution >= 0.6 is 0 Å². The first kappa shape index (κ1) is 19.2. The highest BCUT2D eigenvalue weighted by Crippen LogP contribution is 2.26. The number of fused-ring (bicyclic) bond motifs is 1.